The van der Waals surface area contributed by atoms with Crippen molar-refractivity contribution < 1.29 is 28.2 Å². The molecule has 0 amide bonds. The van der Waals surface area contributed by atoms with Gasteiger partial charge in [-0.1, -0.05) is 31.5 Å². The van der Waals surface area contributed by atoms with Crippen molar-refractivity contribution in [2.24, 2.45) is 5.41 Å². The molecule has 6 rings (SSSR count). The lowest BCUT2D eigenvalue weighted by atomic mass is 9.87. The van der Waals surface area contributed by atoms with Gasteiger partial charge in [0, 0.05) is 23.5 Å². The number of nitrogens with zero attached hydrogens (tertiary/aromatic N) is 5. The highest BCUT2D eigenvalue weighted by molar-refractivity contribution is 6.29. The van der Waals surface area contributed by atoms with Gasteiger partial charge in [0.1, 0.15) is 29.2 Å². The third kappa shape index (κ3) is 5.78. The van der Waals surface area contributed by atoms with Crippen molar-refractivity contribution in [3.8, 4) is 17.1 Å². The predicted octanol–water partition coefficient (Wildman–Crippen LogP) is 6.29. The number of hydrogen-bond acceptors (Lipinski definition) is 7. The van der Waals surface area contributed by atoms with Gasteiger partial charge < -0.3 is 19.1 Å². The van der Waals surface area contributed by atoms with Crippen LogP contribution in [0.4, 0.5) is 8.78 Å². The van der Waals surface area contributed by atoms with E-state index in [1.807, 2.05) is 18.4 Å². The molecular weight excluding hydrogens is 580 g/mol. The van der Waals surface area contributed by atoms with Gasteiger partial charge in [0.15, 0.2) is 0 Å². The molecule has 0 spiro atoms. The molecule has 9 nitrogen and oxygen atoms in total. The van der Waals surface area contributed by atoms with Crippen LogP contribution in [0.25, 0.3) is 22.3 Å². The van der Waals surface area contributed by atoms with Crippen LogP contribution >= 0.6 is 11.6 Å². The number of aromatic nitrogens is 5. The summed E-state index contributed by atoms with van der Waals surface area (Å²) in [5.74, 6) is -1.68. The largest absolute Gasteiger partial charge is 0.478 e. The van der Waals surface area contributed by atoms with E-state index in [9.17, 15) is 9.90 Å². The second kappa shape index (κ2) is 11.3. The Hall–Kier alpha value is -4.48. The lowest BCUT2D eigenvalue weighted by Crippen LogP contribution is -2.27. The lowest BCUT2D eigenvalue weighted by Gasteiger charge is -2.28. The number of carbonyl (C=O) groups is 1. The first kappa shape index (κ1) is 28.6. The molecule has 1 N–H and O–H groups in total. The maximum absolute atomic E-state index is 15.6. The van der Waals surface area contributed by atoms with Gasteiger partial charge >= 0.3 is 5.97 Å². The van der Waals surface area contributed by atoms with Gasteiger partial charge in [0.05, 0.1) is 59.6 Å². The Bertz CT molecular complexity index is 1840. The number of carboxylic acid groups (broad SMARTS) is 1. The van der Waals surface area contributed by atoms with E-state index >= 15 is 8.78 Å². The summed E-state index contributed by atoms with van der Waals surface area (Å²) >= 11 is 5.76. The molecule has 1 aliphatic rings. The van der Waals surface area contributed by atoms with E-state index in [4.69, 9.17) is 26.1 Å². The van der Waals surface area contributed by atoms with Crippen molar-refractivity contribution in [3.63, 3.8) is 0 Å². The highest BCUT2D eigenvalue weighted by Crippen LogP contribution is 2.40. The van der Waals surface area contributed by atoms with Gasteiger partial charge in [-0.3, -0.25) is 4.98 Å². The predicted molar refractivity (Wildman–Crippen MR) is 154 cm³/mol. The lowest BCUT2D eigenvalue weighted by molar-refractivity contribution is 0.0697. The highest BCUT2D eigenvalue weighted by Gasteiger charge is 2.39. The van der Waals surface area contributed by atoms with Gasteiger partial charge in [-0.15, -0.1) is 0 Å². The van der Waals surface area contributed by atoms with Gasteiger partial charge in [0.2, 0.25) is 5.88 Å². The number of imidazole rings is 1. The maximum Gasteiger partial charge on any atom is 0.335 e. The van der Waals surface area contributed by atoms with Crippen LogP contribution in [-0.4, -0.2) is 48.8 Å². The average Bonchev–Trinajstić information content (AvgIpc) is 3.51. The van der Waals surface area contributed by atoms with Crippen molar-refractivity contribution in [2.75, 3.05) is 13.2 Å². The molecule has 0 bridgehead atoms. The van der Waals surface area contributed by atoms with E-state index in [1.54, 1.807) is 30.3 Å². The van der Waals surface area contributed by atoms with E-state index in [2.05, 4.69) is 15.0 Å². The van der Waals surface area contributed by atoms with E-state index in [0.717, 1.165) is 12.1 Å². The van der Waals surface area contributed by atoms with Crippen LogP contribution in [0.2, 0.25) is 5.15 Å². The van der Waals surface area contributed by atoms with Crippen molar-refractivity contribution in [1.82, 2.24) is 24.5 Å². The standard InChI is InChI=1S/C31H26ClF2N5O4/c1-31(2)16-42-15-26(31)39-25-9-17(30(40)41)6-7-24(25)37-28(39)10-18-8-22(34)20(11-21(18)33)23-4-3-5-29(38-23)43-14-19-12-36-27(32)13-35-19/h3-9,11-13,26H,10,14-16H2,1-2H3,(H,40,41). The number of pyridine rings is 1. The first-order chi connectivity index (χ1) is 20.6. The summed E-state index contributed by atoms with van der Waals surface area (Å²) < 4.78 is 44.5. The highest BCUT2D eigenvalue weighted by atomic mass is 35.5. The smallest absolute Gasteiger partial charge is 0.335 e. The minimum Gasteiger partial charge on any atom is -0.478 e. The molecule has 1 unspecified atom stereocenters. The van der Waals surface area contributed by atoms with E-state index in [1.165, 1.54) is 18.5 Å². The number of hydrogen-bond donors (Lipinski definition) is 1. The van der Waals surface area contributed by atoms with E-state index < -0.39 is 17.6 Å². The average molecular weight is 606 g/mol. The summed E-state index contributed by atoms with van der Waals surface area (Å²) in [6.07, 6.45) is 2.85. The van der Waals surface area contributed by atoms with E-state index in [-0.39, 0.29) is 57.9 Å². The first-order valence-corrected chi connectivity index (χ1v) is 13.8. The molecule has 3 aromatic heterocycles. The number of aromatic carboxylic acids is 1. The quantitative estimate of drug-likeness (QED) is 0.220. The Kier molecular flexibility index (Phi) is 7.53. The summed E-state index contributed by atoms with van der Waals surface area (Å²) in [6.45, 7) is 5.03. The number of carboxylic acids is 1. The molecule has 5 aromatic rings. The molecule has 220 valence electrons. The molecule has 12 heteroatoms. The van der Waals surface area contributed by atoms with Crippen LogP contribution in [0.3, 0.4) is 0 Å². The fourth-order valence-corrected chi connectivity index (χ4v) is 5.32. The van der Waals surface area contributed by atoms with Gasteiger partial charge in [-0.05, 0) is 42.0 Å². The summed E-state index contributed by atoms with van der Waals surface area (Å²) in [4.78, 5) is 28.8. The van der Waals surface area contributed by atoms with Crippen molar-refractivity contribution >= 4 is 28.6 Å². The van der Waals surface area contributed by atoms with Crippen molar-refractivity contribution in [1.29, 1.82) is 0 Å². The minimum atomic E-state index is -1.07. The Balaban J connectivity index is 1.32. The first-order valence-electron chi connectivity index (χ1n) is 13.5. The van der Waals surface area contributed by atoms with Gasteiger partial charge in [-0.25, -0.2) is 28.5 Å². The van der Waals surface area contributed by atoms with Crippen LogP contribution < -0.4 is 4.74 Å². The molecule has 43 heavy (non-hydrogen) atoms. The maximum atomic E-state index is 15.6. The topological polar surface area (TPSA) is 112 Å². The molecule has 1 atom stereocenters. The van der Waals surface area contributed by atoms with E-state index in [0.29, 0.717) is 35.8 Å². The molecule has 1 saturated heterocycles. The van der Waals surface area contributed by atoms with Gasteiger partial charge in [-0.2, -0.15) is 0 Å². The van der Waals surface area contributed by atoms with Crippen molar-refractivity contribution in [3.05, 3.63) is 100 Å². The molecule has 2 aromatic carbocycles. The number of halogens is 3. The molecule has 0 aliphatic carbocycles. The zero-order valence-electron chi connectivity index (χ0n) is 23.2. The number of benzene rings is 2. The van der Waals surface area contributed by atoms with Gasteiger partial charge in [0.25, 0.3) is 0 Å². The molecule has 4 heterocycles. The summed E-state index contributed by atoms with van der Waals surface area (Å²) in [5.41, 5.74) is 1.76. The Morgan fingerprint density at radius 2 is 1.95 bits per heavy atom. The van der Waals surface area contributed by atoms with Crippen LogP contribution in [0.15, 0.2) is 60.9 Å². The summed E-state index contributed by atoms with van der Waals surface area (Å²) in [6, 6.07) is 11.5. The fraction of sp³-hybridized carbons (Fsp3) is 0.258. The Labute approximate surface area is 250 Å². The minimum absolute atomic E-state index is 0.0224. The second-order valence-corrected chi connectivity index (χ2v) is 11.4. The molecule has 1 aliphatic heterocycles. The molecule has 0 radical (unpaired) electrons. The fourth-order valence-electron chi connectivity index (χ4n) is 5.22. The SMILES string of the molecule is CC1(C)COCC1n1c(Cc2cc(F)c(-c3cccc(OCc4cnc(Cl)cn4)n3)cc2F)nc2ccc(C(=O)O)cc21. The summed E-state index contributed by atoms with van der Waals surface area (Å²) in [5, 5.41) is 9.83. The summed E-state index contributed by atoms with van der Waals surface area (Å²) in [7, 11) is 0. The van der Waals surface area contributed by atoms with Crippen molar-refractivity contribution in [2.45, 2.75) is 32.9 Å². The number of rotatable bonds is 8. The zero-order valence-corrected chi connectivity index (χ0v) is 24.0. The van der Waals surface area contributed by atoms with Crippen LogP contribution in [0.5, 0.6) is 5.88 Å². The Morgan fingerprint density at radius 1 is 1.12 bits per heavy atom. The van der Waals surface area contributed by atoms with Crippen LogP contribution in [-0.2, 0) is 17.8 Å². The number of ether oxygens (including phenoxy) is 2. The molecule has 0 saturated carbocycles. The third-order valence-corrected chi connectivity index (χ3v) is 7.69. The number of fused-ring (bicyclic) bond motifs is 1. The third-order valence-electron chi connectivity index (χ3n) is 7.50. The van der Waals surface area contributed by atoms with Crippen LogP contribution in [0, 0.1) is 17.0 Å². The Morgan fingerprint density at radius 3 is 2.67 bits per heavy atom. The normalized spacial score (nSPS) is 16.1. The second-order valence-electron chi connectivity index (χ2n) is 11.0. The molecular formula is C31H26ClF2N5O4. The zero-order chi connectivity index (χ0) is 30.3. The monoisotopic (exact) mass is 605 g/mol. The molecule has 1 fully saturated rings. The van der Waals surface area contributed by atoms with Crippen LogP contribution in [0.1, 0.15) is 47.3 Å².